The van der Waals surface area contributed by atoms with Crippen molar-refractivity contribution in [2.75, 3.05) is 12.9 Å². The lowest BCUT2D eigenvalue weighted by Gasteiger charge is -2.07. The van der Waals surface area contributed by atoms with Crippen molar-refractivity contribution < 1.29 is 17.9 Å². The van der Waals surface area contributed by atoms with Crippen LogP contribution in [0.1, 0.15) is 18.4 Å². The van der Waals surface area contributed by atoms with Gasteiger partial charge in [-0.2, -0.15) is 5.26 Å². The maximum atomic E-state index is 12.1. The molecule has 0 unspecified atom stereocenters. The first kappa shape index (κ1) is 14.5. The largest absolute Gasteiger partial charge is 0.465 e. The molecule has 6 heteroatoms. The van der Waals surface area contributed by atoms with Crippen LogP contribution in [-0.4, -0.2) is 32.5 Å². The van der Waals surface area contributed by atoms with Crippen LogP contribution >= 0.6 is 0 Å². The predicted molar refractivity (Wildman–Crippen MR) is 72.5 cm³/mol. The van der Waals surface area contributed by atoms with Gasteiger partial charge in [-0.3, -0.25) is 4.79 Å². The molecule has 5 nitrogen and oxygen atoms in total. The summed E-state index contributed by atoms with van der Waals surface area (Å²) in [5.74, 6) is -1.42. The summed E-state index contributed by atoms with van der Waals surface area (Å²) >= 11 is 0. The molecule has 1 aromatic rings. The molecule has 0 saturated heterocycles. The van der Waals surface area contributed by atoms with Gasteiger partial charge in [-0.15, -0.1) is 0 Å². The lowest BCUT2D eigenvalue weighted by molar-refractivity contribution is -0.147. The van der Waals surface area contributed by atoms with Gasteiger partial charge in [-0.05, 0) is 12.5 Å². The molecule has 0 spiro atoms. The highest BCUT2D eigenvalue weighted by Crippen LogP contribution is 2.63. The molecule has 1 aliphatic carbocycles. The summed E-state index contributed by atoms with van der Waals surface area (Å²) in [7, 11) is -3.53. The number of nitrogens with zero attached hydrogens (tertiary/aromatic N) is 1. The summed E-state index contributed by atoms with van der Waals surface area (Å²) in [5.41, 5.74) is -0.956. The molecule has 20 heavy (non-hydrogen) atoms. The zero-order valence-corrected chi connectivity index (χ0v) is 12.1. The molecule has 1 saturated carbocycles. The van der Waals surface area contributed by atoms with E-state index in [0.717, 1.165) is 6.26 Å². The van der Waals surface area contributed by atoms with Gasteiger partial charge in [0.25, 0.3) is 0 Å². The molecule has 106 valence electrons. The Hall–Kier alpha value is -1.87. The molecule has 3 atom stereocenters. The Morgan fingerprint density at radius 3 is 2.45 bits per heavy atom. The first-order valence-corrected chi connectivity index (χ1v) is 8.17. The number of esters is 1. The van der Waals surface area contributed by atoms with Crippen LogP contribution in [-0.2, 0) is 19.4 Å². The quantitative estimate of drug-likeness (QED) is 0.780. The molecule has 1 aromatic carbocycles. The van der Waals surface area contributed by atoms with E-state index in [4.69, 9.17) is 4.74 Å². The minimum atomic E-state index is -3.53. The third-order valence-electron chi connectivity index (χ3n) is 3.55. The number of rotatable bonds is 4. The molecule has 0 amide bonds. The maximum Gasteiger partial charge on any atom is 0.328 e. The Balaban J connectivity index is 2.50. The number of nitriles is 1. The fourth-order valence-electron chi connectivity index (χ4n) is 2.71. The molecule has 0 N–H and O–H groups in total. The van der Waals surface area contributed by atoms with E-state index in [1.54, 1.807) is 37.3 Å². The highest BCUT2D eigenvalue weighted by Gasteiger charge is 2.76. The Kier molecular flexibility index (Phi) is 3.57. The second kappa shape index (κ2) is 4.91. The molecular weight excluding hydrogens is 278 g/mol. The summed E-state index contributed by atoms with van der Waals surface area (Å²) in [6.07, 6.45) is 1.05. The van der Waals surface area contributed by atoms with Crippen molar-refractivity contribution in [3.05, 3.63) is 35.9 Å². The molecule has 0 radical (unpaired) electrons. The van der Waals surface area contributed by atoms with E-state index in [1.165, 1.54) is 0 Å². The third kappa shape index (κ3) is 2.08. The summed E-state index contributed by atoms with van der Waals surface area (Å²) in [6.45, 7) is 1.73. The third-order valence-corrected chi connectivity index (χ3v) is 5.12. The zero-order chi connectivity index (χ0) is 15.0. The minimum absolute atomic E-state index is 0.111. The first-order chi connectivity index (χ1) is 9.39. The fourth-order valence-corrected chi connectivity index (χ4v) is 4.47. The van der Waals surface area contributed by atoms with E-state index in [-0.39, 0.29) is 6.61 Å². The summed E-state index contributed by atoms with van der Waals surface area (Å²) in [4.78, 5) is 12.1. The summed E-state index contributed by atoms with van der Waals surface area (Å²) in [5, 5.41) is 8.36. The van der Waals surface area contributed by atoms with Crippen LogP contribution < -0.4 is 0 Å². The predicted octanol–water partition coefficient (Wildman–Crippen LogP) is 1.27. The lowest BCUT2D eigenvalue weighted by atomic mass is 10.0. The van der Waals surface area contributed by atoms with Crippen LogP contribution in [0.25, 0.3) is 0 Å². The van der Waals surface area contributed by atoms with Crippen molar-refractivity contribution in [2.45, 2.75) is 18.1 Å². The van der Waals surface area contributed by atoms with Crippen molar-refractivity contribution >= 4 is 15.8 Å². The van der Waals surface area contributed by atoms with Crippen LogP contribution in [0.15, 0.2) is 30.3 Å². The summed E-state index contributed by atoms with van der Waals surface area (Å²) in [6, 6.07) is 10.6. The van der Waals surface area contributed by atoms with E-state index in [9.17, 15) is 18.5 Å². The maximum absolute atomic E-state index is 12.1. The van der Waals surface area contributed by atoms with Crippen LogP contribution in [0, 0.1) is 16.7 Å². The van der Waals surface area contributed by atoms with Crippen molar-refractivity contribution in [3.63, 3.8) is 0 Å². The van der Waals surface area contributed by atoms with Gasteiger partial charge in [-0.1, -0.05) is 30.3 Å². The van der Waals surface area contributed by atoms with Gasteiger partial charge in [-0.25, -0.2) is 8.42 Å². The number of ether oxygens (including phenoxy) is 1. The molecular formula is C14H15NO4S. The average molecular weight is 293 g/mol. The number of hydrogen-bond donors (Lipinski definition) is 0. The highest BCUT2D eigenvalue weighted by molar-refractivity contribution is 7.91. The number of sulfone groups is 1. The SMILES string of the molecule is CCOC(=O)[C@@]1(C#N)[C@H](c2ccccc2)[C@@H]1S(C)(=O)=O. The molecule has 1 aliphatic rings. The van der Waals surface area contributed by atoms with Gasteiger partial charge in [0, 0.05) is 12.2 Å². The zero-order valence-electron chi connectivity index (χ0n) is 11.2. The molecule has 0 aromatic heterocycles. The van der Waals surface area contributed by atoms with Crippen molar-refractivity contribution in [3.8, 4) is 6.07 Å². The van der Waals surface area contributed by atoms with Gasteiger partial charge in [0.2, 0.25) is 0 Å². The van der Waals surface area contributed by atoms with Crippen molar-refractivity contribution in [2.24, 2.45) is 5.41 Å². The Labute approximate surface area is 118 Å². The number of carbonyl (C=O) groups excluding carboxylic acids is 1. The van der Waals surface area contributed by atoms with Gasteiger partial charge < -0.3 is 4.74 Å². The van der Waals surface area contributed by atoms with E-state index < -0.39 is 32.4 Å². The van der Waals surface area contributed by atoms with E-state index in [1.807, 2.05) is 6.07 Å². The van der Waals surface area contributed by atoms with E-state index in [0.29, 0.717) is 5.56 Å². The molecule has 2 rings (SSSR count). The van der Waals surface area contributed by atoms with Crippen LogP contribution in [0.5, 0.6) is 0 Å². The Morgan fingerprint density at radius 2 is 2.00 bits per heavy atom. The van der Waals surface area contributed by atoms with Gasteiger partial charge in [0.1, 0.15) is 5.25 Å². The monoisotopic (exact) mass is 293 g/mol. The van der Waals surface area contributed by atoms with E-state index >= 15 is 0 Å². The standard InChI is InChI=1S/C14H15NO4S/c1-3-19-13(16)14(9-15)11(12(14)20(2,17)18)10-7-5-4-6-8-10/h4-8,11-12H,3H2,1-2H3/t11-,12+,14+/m1/s1. The summed E-state index contributed by atoms with van der Waals surface area (Å²) < 4.78 is 28.7. The normalized spacial score (nSPS) is 28.4. The topological polar surface area (TPSA) is 84.2 Å². The smallest absolute Gasteiger partial charge is 0.328 e. The Morgan fingerprint density at radius 1 is 1.40 bits per heavy atom. The van der Waals surface area contributed by atoms with Crippen LogP contribution in [0.2, 0.25) is 0 Å². The van der Waals surface area contributed by atoms with Crippen molar-refractivity contribution in [1.82, 2.24) is 0 Å². The van der Waals surface area contributed by atoms with E-state index in [2.05, 4.69) is 0 Å². The first-order valence-electron chi connectivity index (χ1n) is 6.21. The van der Waals surface area contributed by atoms with Gasteiger partial charge in [0.05, 0.1) is 12.7 Å². The fraction of sp³-hybridized carbons (Fsp3) is 0.429. The Bertz CT molecular complexity index is 662. The molecule has 0 aliphatic heterocycles. The number of carbonyl (C=O) groups is 1. The van der Waals surface area contributed by atoms with Crippen LogP contribution in [0.4, 0.5) is 0 Å². The molecule has 0 bridgehead atoms. The average Bonchev–Trinajstić information content (AvgIpc) is 3.11. The molecule has 1 fully saturated rings. The number of hydrogen-bond acceptors (Lipinski definition) is 5. The van der Waals surface area contributed by atoms with Gasteiger partial charge >= 0.3 is 5.97 Å². The highest BCUT2D eigenvalue weighted by atomic mass is 32.2. The molecule has 0 heterocycles. The van der Waals surface area contributed by atoms with Crippen molar-refractivity contribution in [1.29, 1.82) is 5.26 Å². The second-order valence-corrected chi connectivity index (χ2v) is 7.01. The lowest BCUT2D eigenvalue weighted by Crippen LogP contribution is -2.24. The second-order valence-electron chi connectivity index (χ2n) is 4.84. The number of benzene rings is 1. The van der Waals surface area contributed by atoms with Gasteiger partial charge in [0.15, 0.2) is 15.3 Å². The van der Waals surface area contributed by atoms with Crippen LogP contribution in [0.3, 0.4) is 0 Å². The minimum Gasteiger partial charge on any atom is -0.465 e.